The van der Waals surface area contributed by atoms with Crippen LogP contribution in [0.15, 0.2) is 36.5 Å². The summed E-state index contributed by atoms with van der Waals surface area (Å²) < 4.78 is 23.2. The summed E-state index contributed by atoms with van der Waals surface area (Å²) in [6, 6.07) is 6.93. The zero-order chi connectivity index (χ0) is 17.7. The number of nitro groups is 1. The molecule has 0 aliphatic carbocycles. The number of nitrogens with zero attached hydrogens (tertiary/aromatic N) is 2. The number of rotatable bonds is 6. The first-order valence-electron chi connectivity index (χ1n) is 7.16. The Morgan fingerprint density at radius 1 is 1.33 bits per heavy atom. The average Bonchev–Trinajstić information content (AvgIpc) is 2.55. The highest BCUT2D eigenvalue weighted by molar-refractivity contribution is 5.75. The Labute approximate surface area is 137 Å². The lowest BCUT2D eigenvalue weighted by Gasteiger charge is -2.13. The van der Waals surface area contributed by atoms with Gasteiger partial charge >= 0.3 is 11.8 Å². The summed E-state index contributed by atoms with van der Waals surface area (Å²) in [7, 11) is 0. The molecule has 0 N–H and O–H groups in total. The van der Waals surface area contributed by atoms with Crippen LogP contribution < -0.4 is 4.74 Å². The molecule has 7 nitrogen and oxygen atoms in total. The van der Waals surface area contributed by atoms with E-state index in [4.69, 9.17) is 9.47 Å². The van der Waals surface area contributed by atoms with Crippen LogP contribution in [0, 0.1) is 15.9 Å². The Morgan fingerprint density at radius 2 is 2.00 bits per heavy atom. The third-order valence-corrected chi connectivity index (χ3v) is 3.11. The molecule has 8 heteroatoms. The number of pyridine rings is 1. The zero-order valence-corrected chi connectivity index (χ0v) is 13.1. The van der Waals surface area contributed by atoms with Gasteiger partial charge in [0.25, 0.3) is 0 Å². The molecule has 0 radical (unpaired) electrons. The molecule has 1 aromatic carbocycles. The Balaban J connectivity index is 2.36. The zero-order valence-electron chi connectivity index (χ0n) is 13.1. The fourth-order valence-electron chi connectivity index (χ4n) is 1.96. The van der Waals surface area contributed by atoms with Crippen molar-refractivity contribution in [1.82, 2.24) is 4.98 Å². The van der Waals surface area contributed by atoms with Crippen molar-refractivity contribution in [2.75, 3.05) is 6.61 Å². The summed E-state index contributed by atoms with van der Waals surface area (Å²) in [5.41, 5.74) is 1.10. The Hall–Kier alpha value is -3.03. The molecule has 1 unspecified atom stereocenters. The van der Waals surface area contributed by atoms with Crippen LogP contribution in [-0.2, 0) is 9.53 Å². The first-order chi connectivity index (χ1) is 11.4. The second kappa shape index (κ2) is 7.49. The molecule has 2 rings (SSSR count). The van der Waals surface area contributed by atoms with Crippen molar-refractivity contribution in [2.45, 2.75) is 20.0 Å². The summed E-state index contributed by atoms with van der Waals surface area (Å²) in [6.07, 6.45) is 0.252. The van der Waals surface area contributed by atoms with Crippen LogP contribution in [0.4, 0.5) is 10.2 Å². The molecule has 1 atom stereocenters. The van der Waals surface area contributed by atoms with Crippen molar-refractivity contribution in [2.24, 2.45) is 0 Å². The summed E-state index contributed by atoms with van der Waals surface area (Å²) >= 11 is 0. The highest BCUT2D eigenvalue weighted by Gasteiger charge is 2.24. The highest BCUT2D eigenvalue weighted by atomic mass is 19.1. The van der Waals surface area contributed by atoms with Gasteiger partial charge in [0.1, 0.15) is 12.0 Å². The van der Waals surface area contributed by atoms with Crippen LogP contribution >= 0.6 is 0 Å². The Morgan fingerprint density at radius 3 is 2.58 bits per heavy atom. The molecular formula is C16H15FN2O5. The van der Waals surface area contributed by atoms with Gasteiger partial charge in [-0.2, -0.15) is 0 Å². The van der Waals surface area contributed by atoms with Crippen LogP contribution in [-0.4, -0.2) is 28.6 Å². The molecule has 0 fully saturated rings. The van der Waals surface area contributed by atoms with Crippen molar-refractivity contribution in [1.29, 1.82) is 0 Å². The molecule has 2 aromatic rings. The van der Waals surface area contributed by atoms with E-state index in [-0.39, 0.29) is 12.4 Å². The normalized spacial score (nSPS) is 11.6. The van der Waals surface area contributed by atoms with Gasteiger partial charge < -0.3 is 19.6 Å². The van der Waals surface area contributed by atoms with Crippen LogP contribution in [0.5, 0.6) is 5.75 Å². The van der Waals surface area contributed by atoms with Crippen molar-refractivity contribution in [3.05, 3.63) is 52.5 Å². The quantitative estimate of drug-likeness (QED) is 0.458. The van der Waals surface area contributed by atoms with Crippen molar-refractivity contribution in [3.8, 4) is 16.9 Å². The van der Waals surface area contributed by atoms with Gasteiger partial charge in [-0.15, -0.1) is 0 Å². The lowest BCUT2D eigenvalue weighted by molar-refractivity contribution is -0.390. The first kappa shape index (κ1) is 17.3. The van der Waals surface area contributed by atoms with Crippen LogP contribution in [0.1, 0.15) is 13.8 Å². The fraction of sp³-hybridized carbons (Fsp3) is 0.250. The van der Waals surface area contributed by atoms with E-state index in [1.807, 2.05) is 0 Å². The number of carbonyl (C=O) groups is 1. The lowest BCUT2D eigenvalue weighted by Crippen LogP contribution is -2.26. The molecule has 24 heavy (non-hydrogen) atoms. The highest BCUT2D eigenvalue weighted by Crippen LogP contribution is 2.31. The van der Waals surface area contributed by atoms with E-state index in [1.165, 1.54) is 43.5 Å². The van der Waals surface area contributed by atoms with Crippen LogP contribution in [0.2, 0.25) is 0 Å². The Bertz CT molecular complexity index is 749. The van der Waals surface area contributed by atoms with E-state index >= 15 is 0 Å². The average molecular weight is 334 g/mol. The monoisotopic (exact) mass is 334 g/mol. The maximum atomic E-state index is 13.0. The molecule has 0 aliphatic heterocycles. The second-order valence-corrected chi connectivity index (χ2v) is 4.82. The van der Waals surface area contributed by atoms with E-state index in [1.54, 1.807) is 6.92 Å². The molecule has 0 saturated heterocycles. The lowest BCUT2D eigenvalue weighted by atomic mass is 10.1. The van der Waals surface area contributed by atoms with Gasteiger partial charge in [-0.05, 0) is 41.5 Å². The number of carbonyl (C=O) groups excluding carboxylic acids is 1. The summed E-state index contributed by atoms with van der Waals surface area (Å²) in [5, 5.41) is 11.1. The van der Waals surface area contributed by atoms with Gasteiger partial charge in [0.2, 0.25) is 5.75 Å². The number of hydrogen-bond donors (Lipinski definition) is 0. The standard InChI is InChI=1S/C16H15FN2O5/c1-3-23-16(20)10(2)24-14-8-12(9-18-15(14)19(21)22)11-4-6-13(17)7-5-11/h4-10H,3H2,1-2H3. The van der Waals surface area contributed by atoms with E-state index in [0.29, 0.717) is 11.1 Å². The van der Waals surface area contributed by atoms with Gasteiger partial charge in [0, 0.05) is 11.6 Å². The predicted octanol–water partition coefficient (Wildman–Crippen LogP) is 3.13. The predicted molar refractivity (Wildman–Crippen MR) is 83.0 cm³/mol. The fourth-order valence-corrected chi connectivity index (χ4v) is 1.96. The van der Waals surface area contributed by atoms with E-state index in [2.05, 4.69) is 4.98 Å². The van der Waals surface area contributed by atoms with Gasteiger partial charge in [-0.1, -0.05) is 12.1 Å². The summed E-state index contributed by atoms with van der Waals surface area (Å²) in [6.45, 7) is 3.23. The number of ether oxygens (including phenoxy) is 2. The maximum absolute atomic E-state index is 13.0. The summed E-state index contributed by atoms with van der Waals surface area (Å²) in [5.74, 6) is -1.72. The SMILES string of the molecule is CCOC(=O)C(C)Oc1cc(-c2ccc(F)cc2)cnc1[N+](=O)[O-]. The number of halogens is 1. The van der Waals surface area contributed by atoms with Gasteiger partial charge in [0.15, 0.2) is 6.10 Å². The minimum absolute atomic E-state index is 0.164. The van der Waals surface area contributed by atoms with E-state index < -0.39 is 28.6 Å². The first-order valence-corrected chi connectivity index (χ1v) is 7.16. The minimum Gasteiger partial charge on any atom is -0.471 e. The number of aromatic nitrogens is 1. The summed E-state index contributed by atoms with van der Waals surface area (Å²) in [4.78, 5) is 25.8. The van der Waals surface area contributed by atoms with Gasteiger partial charge in [-0.25, -0.2) is 9.18 Å². The molecule has 1 heterocycles. The molecule has 1 aromatic heterocycles. The molecule has 0 saturated carbocycles. The van der Waals surface area contributed by atoms with Crippen LogP contribution in [0.25, 0.3) is 11.1 Å². The smallest absolute Gasteiger partial charge is 0.406 e. The number of esters is 1. The third kappa shape index (κ3) is 4.03. The molecular weight excluding hydrogens is 319 g/mol. The molecule has 0 aliphatic rings. The molecule has 0 spiro atoms. The van der Waals surface area contributed by atoms with Crippen LogP contribution in [0.3, 0.4) is 0 Å². The topological polar surface area (TPSA) is 91.6 Å². The third-order valence-electron chi connectivity index (χ3n) is 3.11. The largest absolute Gasteiger partial charge is 0.471 e. The maximum Gasteiger partial charge on any atom is 0.406 e. The molecule has 0 amide bonds. The minimum atomic E-state index is -1.03. The van der Waals surface area contributed by atoms with E-state index in [0.717, 1.165) is 0 Å². The van der Waals surface area contributed by atoms with Gasteiger partial charge in [-0.3, -0.25) is 0 Å². The Kier molecular flexibility index (Phi) is 5.41. The van der Waals surface area contributed by atoms with Crippen molar-refractivity contribution in [3.63, 3.8) is 0 Å². The molecule has 0 bridgehead atoms. The van der Waals surface area contributed by atoms with Gasteiger partial charge in [0.05, 0.1) is 6.61 Å². The van der Waals surface area contributed by atoms with Crippen molar-refractivity contribution >= 4 is 11.8 Å². The van der Waals surface area contributed by atoms with E-state index in [9.17, 15) is 19.3 Å². The molecule has 126 valence electrons. The van der Waals surface area contributed by atoms with Crippen molar-refractivity contribution < 1.29 is 23.6 Å². The number of hydrogen-bond acceptors (Lipinski definition) is 6. The number of benzene rings is 1. The second-order valence-electron chi connectivity index (χ2n) is 4.82.